The minimum absolute atomic E-state index is 0.236. The molecule has 0 aliphatic carbocycles. The third kappa shape index (κ3) is 48.2. The van der Waals surface area contributed by atoms with E-state index in [2.05, 4.69) is 92.1 Å². The number of carbonyl (C=O) groups excluding carboxylic acids is 1. The Labute approximate surface area is 661 Å². The van der Waals surface area contributed by atoms with Crippen LogP contribution in [0.2, 0.25) is 0 Å². The lowest BCUT2D eigenvalue weighted by Gasteiger charge is -2.48. The predicted octanol–water partition coefficient (Wildman–Crippen LogP) is 16.5. The average Bonchev–Trinajstić information content (AvgIpc) is 0.759. The van der Waals surface area contributed by atoms with Crippen LogP contribution in [-0.4, -0.2) is 193 Å². The molecule has 0 spiro atoms. The maximum Gasteiger partial charge on any atom is 0.220 e. The fourth-order valence-electron chi connectivity index (χ4n) is 14.7. The van der Waals surface area contributed by atoms with E-state index in [1.165, 1.54) is 244 Å². The number of ether oxygens (including phenoxy) is 6. The molecule has 1 amide bonds. The summed E-state index contributed by atoms with van der Waals surface area (Å²) in [6.07, 6.45) is 67.4. The molecule has 0 aromatic rings. The molecular weight excluding hydrogens is 1380 g/mol. The van der Waals surface area contributed by atoms with Gasteiger partial charge in [-0.3, -0.25) is 4.79 Å². The number of amides is 1. The highest BCUT2D eigenvalue weighted by Crippen LogP contribution is 2.33. The summed E-state index contributed by atoms with van der Waals surface area (Å²) in [6, 6.07) is -0.993. The van der Waals surface area contributed by atoms with Crippen LogP contribution >= 0.6 is 0 Å². The second-order valence-electron chi connectivity index (χ2n) is 31.3. The molecular formula is C90H161NO18. The Morgan fingerprint density at radius 1 is 0.339 bits per heavy atom. The van der Waals surface area contributed by atoms with E-state index in [1.807, 2.05) is 6.08 Å². The van der Waals surface area contributed by atoms with Gasteiger partial charge < -0.3 is 89.9 Å². The number of carbonyl (C=O) groups is 1. The summed E-state index contributed by atoms with van der Waals surface area (Å²) >= 11 is 0. The molecule has 19 nitrogen and oxygen atoms in total. The molecule has 3 fully saturated rings. The zero-order valence-electron chi connectivity index (χ0n) is 68.3. The SMILES string of the molecule is CC/C=C\C/C=C\C/C=C\C/C=C\C/C=C\CCCCCCCCCCCCCCCCCCCCCCCCCC(=O)NC(COC1OC(CO)C(OC2OC(CO)C(OC3OC(CO)C(O)C(O)C3O)C(O)C2O)C(O)C1O)C(O)/C=C/CC/C=C/CCCCCCCCCCCCCCCCCCCCC. The van der Waals surface area contributed by atoms with Gasteiger partial charge in [-0.2, -0.15) is 0 Å². The van der Waals surface area contributed by atoms with Crippen LogP contribution in [0.4, 0.5) is 0 Å². The van der Waals surface area contributed by atoms with Gasteiger partial charge in [0, 0.05) is 6.42 Å². The number of allylic oxidation sites excluding steroid dienone is 13. The van der Waals surface area contributed by atoms with E-state index in [0.29, 0.717) is 12.8 Å². The molecule has 3 rings (SSSR count). The summed E-state index contributed by atoms with van der Waals surface area (Å²) in [5, 5.41) is 121. The maximum atomic E-state index is 13.5. The van der Waals surface area contributed by atoms with E-state index in [9.17, 15) is 61.0 Å². The second kappa shape index (κ2) is 69.3. The van der Waals surface area contributed by atoms with Crippen molar-refractivity contribution in [1.29, 1.82) is 0 Å². The van der Waals surface area contributed by atoms with Gasteiger partial charge in [-0.25, -0.2) is 0 Å². The molecule has 3 heterocycles. The Kier molecular flexibility index (Phi) is 63.7. The summed E-state index contributed by atoms with van der Waals surface area (Å²) in [6.45, 7) is 1.65. The monoisotopic (exact) mass is 1540 g/mol. The number of hydrogen-bond acceptors (Lipinski definition) is 18. The third-order valence-corrected chi connectivity index (χ3v) is 21.7. The molecule has 634 valence electrons. The van der Waals surface area contributed by atoms with Crippen molar-refractivity contribution in [2.45, 2.75) is 452 Å². The van der Waals surface area contributed by atoms with E-state index in [-0.39, 0.29) is 18.9 Å². The number of aliphatic hydroxyl groups is 11. The maximum absolute atomic E-state index is 13.5. The van der Waals surface area contributed by atoms with Crippen LogP contribution in [0, 0.1) is 0 Å². The molecule has 17 atom stereocenters. The Morgan fingerprint density at radius 2 is 0.642 bits per heavy atom. The van der Waals surface area contributed by atoms with Gasteiger partial charge in [-0.05, 0) is 77.0 Å². The third-order valence-electron chi connectivity index (χ3n) is 21.7. The van der Waals surface area contributed by atoms with Crippen molar-refractivity contribution >= 4 is 5.91 Å². The Balaban J connectivity index is 1.32. The Bertz CT molecular complexity index is 2300. The predicted molar refractivity (Wildman–Crippen MR) is 438 cm³/mol. The van der Waals surface area contributed by atoms with Crippen molar-refractivity contribution in [2.24, 2.45) is 0 Å². The fourth-order valence-corrected chi connectivity index (χ4v) is 14.7. The summed E-state index contributed by atoms with van der Waals surface area (Å²) in [5.41, 5.74) is 0. The fraction of sp³-hybridized carbons (Fsp3) is 0.833. The van der Waals surface area contributed by atoms with Gasteiger partial charge in [-0.1, -0.05) is 349 Å². The smallest absolute Gasteiger partial charge is 0.220 e. The van der Waals surface area contributed by atoms with Gasteiger partial charge >= 0.3 is 0 Å². The molecule has 3 aliphatic rings. The first-order valence-corrected chi connectivity index (χ1v) is 44.3. The first kappa shape index (κ1) is 100. The highest BCUT2D eigenvalue weighted by Gasteiger charge is 2.54. The number of aliphatic hydroxyl groups excluding tert-OH is 11. The minimum atomic E-state index is -1.98. The van der Waals surface area contributed by atoms with Crippen LogP contribution < -0.4 is 5.32 Å². The van der Waals surface area contributed by atoms with E-state index >= 15 is 0 Å². The average molecular weight is 1550 g/mol. The molecule has 3 aliphatic heterocycles. The Hall–Kier alpha value is -3.03. The zero-order chi connectivity index (χ0) is 78.8. The largest absolute Gasteiger partial charge is 0.394 e. The molecule has 109 heavy (non-hydrogen) atoms. The molecule has 12 N–H and O–H groups in total. The standard InChI is InChI=1S/C90H161NO18/c1-3-5-7-9-11-13-15-17-19-21-23-25-27-29-30-31-32-33-34-35-36-37-38-39-40-41-42-44-46-48-50-52-54-56-58-60-62-64-66-68-78(96)91-73(74(95)67-65-63-61-59-57-55-53-51-49-47-45-43-28-26-24-22-20-18-16-14-12-10-8-6-4-2)72-104-88-84(102)81(99)86(76(70-93)106-88)109-90-85(103)82(100)87(77(71-94)107-90)108-89-83(101)80(98)79(97)75(69-92)105-89/h5,7,11,13,17,19,23,25,29-30,57,59,65,67,73-77,79-90,92-95,97-103H,3-4,6,8-10,12,14-16,18,20-22,24,26-28,31-56,58,60-64,66,68-72H2,1-2H3,(H,91,96)/b7-5-,13-11-,19-17-,25-23-,30-29-,59-57+,67-65+. The molecule has 19 heteroatoms. The first-order chi connectivity index (χ1) is 53.3. The molecule has 17 unspecified atom stereocenters. The van der Waals surface area contributed by atoms with Crippen LogP contribution in [0.5, 0.6) is 0 Å². The van der Waals surface area contributed by atoms with Crippen molar-refractivity contribution in [3.05, 3.63) is 85.1 Å². The van der Waals surface area contributed by atoms with Gasteiger partial charge in [0.05, 0.1) is 38.6 Å². The van der Waals surface area contributed by atoms with E-state index < -0.39 is 124 Å². The van der Waals surface area contributed by atoms with E-state index in [4.69, 9.17) is 28.4 Å². The van der Waals surface area contributed by atoms with Gasteiger partial charge in [0.25, 0.3) is 0 Å². The summed E-state index contributed by atoms with van der Waals surface area (Å²) in [5.74, 6) is -0.280. The van der Waals surface area contributed by atoms with Crippen LogP contribution in [0.15, 0.2) is 85.1 Å². The normalized spacial score (nSPS) is 25.7. The number of nitrogens with one attached hydrogen (secondary N) is 1. The summed E-state index contributed by atoms with van der Waals surface area (Å²) in [4.78, 5) is 13.5. The van der Waals surface area contributed by atoms with Gasteiger partial charge in [-0.15, -0.1) is 0 Å². The van der Waals surface area contributed by atoms with Gasteiger partial charge in [0.15, 0.2) is 18.9 Å². The zero-order valence-corrected chi connectivity index (χ0v) is 68.3. The molecule has 0 radical (unpaired) electrons. The van der Waals surface area contributed by atoms with Gasteiger partial charge in [0.2, 0.25) is 5.91 Å². The van der Waals surface area contributed by atoms with Crippen molar-refractivity contribution in [1.82, 2.24) is 5.32 Å². The Morgan fingerprint density at radius 3 is 1.03 bits per heavy atom. The molecule has 0 aromatic carbocycles. The number of hydrogen-bond donors (Lipinski definition) is 12. The quantitative estimate of drug-likeness (QED) is 0.0199. The number of rotatable bonds is 71. The lowest BCUT2D eigenvalue weighted by molar-refractivity contribution is -0.379. The highest BCUT2D eigenvalue weighted by molar-refractivity contribution is 5.76. The van der Waals surface area contributed by atoms with Crippen molar-refractivity contribution in [3.63, 3.8) is 0 Å². The number of unbranched alkanes of at least 4 members (excludes halogenated alkanes) is 43. The van der Waals surface area contributed by atoms with Crippen molar-refractivity contribution in [3.8, 4) is 0 Å². The minimum Gasteiger partial charge on any atom is -0.394 e. The molecule has 0 bridgehead atoms. The first-order valence-electron chi connectivity index (χ1n) is 44.3. The topological polar surface area (TPSA) is 307 Å². The lowest BCUT2D eigenvalue weighted by atomic mass is 9.96. The van der Waals surface area contributed by atoms with E-state index in [0.717, 1.165) is 70.6 Å². The second-order valence-corrected chi connectivity index (χ2v) is 31.3. The highest BCUT2D eigenvalue weighted by atomic mass is 16.8. The van der Waals surface area contributed by atoms with Crippen molar-refractivity contribution in [2.75, 3.05) is 26.4 Å². The van der Waals surface area contributed by atoms with Crippen LogP contribution in [0.3, 0.4) is 0 Å². The van der Waals surface area contributed by atoms with Crippen LogP contribution in [0.25, 0.3) is 0 Å². The molecule has 3 saturated heterocycles. The van der Waals surface area contributed by atoms with Gasteiger partial charge in [0.1, 0.15) is 73.2 Å². The lowest BCUT2D eigenvalue weighted by Crippen LogP contribution is -2.66. The van der Waals surface area contributed by atoms with Crippen LogP contribution in [0.1, 0.15) is 348 Å². The molecule has 0 saturated carbocycles. The summed E-state index contributed by atoms with van der Waals surface area (Å²) in [7, 11) is 0. The molecule has 0 aromatic heterocycles. The summed E-state index contributed by atoms with van der Waals surface area (Å²) < 4.78 is 34.5. The van der Waals surface area contributed by atoms with E-state index in [1.54, 1.807) is 6.08 Å². The van der Waals surface area contributed by atoms with Crippen LogP contribution in [-0.2, 0) is 33.2 Å². The van der Waals surface area contributed by atoms with Crippen molar-refractivity contribution < 1.29 is 89.4 Å².